The molecule has 0 spiro atoms. The van der Waals surface area contributed by atoms with Gasteiger partial charge in [0.1, 0.15) is 24.9 Å². The van der Waals surface area contributed by atoms with Gasteiger partial charge in [-0.15, -0.1) is 0 Å². The first kappa shape index (κ1) is 15.6. The number of hydrogen-bond donors (Lipinski definition) is 1. The van der Waals surface area contributed by atoms with E-state index in [9.17, 15) is 18.0 Å². The van der Waals surface area contributed by atoms with Gasteiger partial charge >= 0.3 is 12.1 Å². The molecule has 1 aromatic rings. The minimum absolute atomic E-state index is 0.0590. The van der Waals surface area contributed by atoms with Gasteiger partial charge in [0.15, 0.2) is 0 Å². The first-order valence-electron chi connectivity index (χ1n) is 5.38. The topological polar surface area (TPSA) is 73.6 Å². The quantitative estimate of drug-likeness (QED) is 0.897. The number of aliphatic carboxylic acids is 1. The Morgan fingerprint density at radius 1 is 1.50 bits per heavy atom. The summed E-state index contributed by atoms with van der Waals surface area (Å²) in [6.07, 6.45) is -4.59. The highest BCUT2D eigenvalue weighted by Crippen LogP contribution is 2.28. The van der Waals surface area contributed by atoms with Crippen molar-refractivity contribution >= 4 is 11.7 Å². The maximum absolute atomic E-state index is 12.5. The zero-order valence-corrected chi connectivity index (χ0v) is 10.4. The third-order valence-electron chi connectivity index (χ3n) is 2.36. The van der Waals surface area contributed by atoms with Crippen molar-refractivity contribution in [1.82, 2.24) is 0 Å². The number of methoxy groups -OCH3 is 1. The molecule has 8 heteroatoms. The van der Waals surface area contributed by atoms with Crippen molar-refractivity contribution in [3.05, 3.63) is 23.8 Å². The molecular formula is C12H11F3N2O3. The smallest absolute Gasteiger partial charge is 0.405 e. The predicted octanol–water partition coefficient (Wildman–Crippen LogP) is 2.02. The van der Waals surface area contributed by atoms with Gasteiger partial charge < -0.3 is 14.7 Å². The Morgan fingerprint density at radius 2 is 2.15 bits per heavy atom. The molecule has 0 aliphatic carbocycles. The van der Waals surface area contributed by atoms with Crippen LogP contribution >= 0.6 is 0 Å². The second-order valence-electron chi connectivity index (χ2n) is 3.86. The van der Waals surface area contributed by atoms with Gasteiger partial charge in [0.05, 0.1) is 18.4 Å². The second-order valence-corrected chi connectivity index (χ2v) is 3.86. The number of hydrogen-bond acceptors (Lipinski definition) is 4. The monoisotopic (exact) mass is 288 g/mol. The SMILES string of the molecule is COc1ccc(C#N)c(N(CC(=O)O)CC(F)(F)F)c1. The van der Waals surface area contributed by atoms with Crippen LogP contribution in [-0.4, -0.2) is 37.5 Å². The lowest BCUT2D eigenvalue weighted by Gasteiger charge is -2.25. The van der Waals surface area contributed by atoms with Crippen LogP contribution in [0.2, 0.25) is 0 Å². The minimum Gasteiger partial charge on any atom is -0.497 e. The summed E-state index contributed by atoms with van der Waals surface area (Å²) in [7, 11) is 1.32. The van der Waals surface area contributed by atoms with Gasteiger partial charge in [-0.1, -0.05) is 0 Å². The van der Waals surface area contributed by atoms with Crippen molar-refractivity contribution < 1.29 is 27.8 Å². The highest BCUT2D eigenvalue weighted by molar-refractivity contribution is 5.75. The first-order chi connectivity index (χ1) is 9.26. The third-order valence-corrected chi connectivity index (χ3v) is 2.36. The average molecular weight is 288 g/mol. The first-order valence-corrected chi connectivity index (χ1v) is 5.38. The molecule has 1 N–H and O–H groups in total. The summed E-state index contributed by atoms with van der Waals surface area (Å²) in [5, 5.41) is 17.6. The standard InChI is InChI=1S/C12H11F3N2O3/c1-20-9-3-2-8(5-16)10(4-9)17(6-11(18)19)7-12(13,14)15/h2-4H,6-7H2,1H3,(H,18,19). The van der Waals surface area contributed by atoms with Gasteiger partial charge in [0, 0.05) is 6.07 Å². The molecule has 0 bridgehead atoms. The Morgan fingerprint density at radius 3 is 2.60 bits per heavy atom. The van der Waals surface area contributed by atoms with E-state index in [1.807, 2.05) is 0 Å². The van der Waals surface area contributed by atoms with E-state index in [4.69, 9.17) is 15.1 Å². The number of ether oxygens (including phenoxy) is 1. The molecule has 0 heterocycles. The number of carboxylic acid groups (broad SMARTS) is 1. The Balaban J connectivity index is 3.24. The van der Waals surface area contributed by atoms with Crippen LogP contribution in [0.5, 0.6) is 5.75 Å². The predicted molar refractivity (Wildman–Crippen MR) is 63.6 cm³/mol. The maximum atomic E-state index is 12.5. The molecule has 0 fully saturated rings. The van der Waals surface area contributed by atoms with Crippen molar-refractivity contribution in [1.29, 1.82) is 5.26 Å². The van der Waals surface area contributed by atoms with Gasteiger partial charge in [-0.2, -0.15) is 18.4 Å². The normalized spacial score (nSPS) is 10.8. The van der Waals surface area contributed by atoms with Crippen LogP contribution in [0.25, 0.3) is 0 Å². The number of benzene rings is 1. The van der Waals surface area contributed by atoms with E-state index in [0.29, 0.717) is 4.90 Å². The molecule has 0 saturated carbocycles. The molecule has 1 aromatic carbocycles. The summed E-state index contributed by atoms with van der Waals surface area (Å²) in [4.78, 5) is 11.3. The molecule has 0 amide bonds. The number of carbonyl (C=O) groups is 1. The number of nitrogens with zero attached hydrogens (tertiary/aromatic N) is 2. The number of rotatable bonds is 5. The summed E-state index contributed by atoms with van der Waals surface area (Å²) in [6.45, 7) is -2.34. The van der Waals surface area contributed by atoms with Crippen LogP contribution in [0.1, 0.15) is 5.56 Å². The van der Waals surface area contributed by atoms with Crippen LogP contribution in [0.4, 0.5) is 18.9 Å². The Hall–Kier alpha value is -2.43. The molecule has 20 heavy (non-hydrogen) atoms. The largest absolute Gasteiger partial charge is 0.497 e. The summed E-state index contributed by atoms with van der Waals surface area (Å²) in [5.41, 5.74) is -0.192. The van der Waals surface area contributed by atoms with Gasteiger partial charge in [0.25, 0.3) is 0 Å². The van der Waals surface area contributed by atoms with Crippen LogP contribution in [0.15, 0.2) is 18.2 Å². The summed E-state index contributed by atoms with van der Waals surface area (Å²) in [6, 6.07) is 5.62. The van der Waals surface area contributed by atoms with E-state index in [1.165, 1.54) is 25.3 Å². The van der Waals surface area contributed by atoms with E-state index >= 15 is 0 Å². The van der Waals surface area contributed by atoms with Crippen LogP contribution in [-0.2, 0) is 4.79 Å². The number of nitriles is 1. The number of alkyl halides is 3. The van der Waals surface area contributed by atoms with E-state index in [-0.39, 0.29) is 17.0 Å². The van der Waals surface area contributed by atoms with E-state index < -0.39 is 25.2 Å². The molecule has 0 aliphatic heterocycles. The third kappa shape index (κ3) is 4.35. The molecule has 108 valence electrons. The number of carboxylic acids is 1. The van der Waals surface area contributed by atoms with Crippen molar-refractivity contribution in [2.45, 2.75) is 6.18 Å². The summed E-state index contributed by atoms with van der Waals surface area (Å²) < 4.78 is 42.4. The second kappa shape index (κ2) is 6.14. The van der Waals surface area contributed by atoms with Crippen molar-refractivity contribution in [2.24, 2.45) is 0 Å². The molecular weight excluding hydrogens is 277 g/mol. The van der Waals surface area contributed by atoms with Crippen LogP contribution < -0.4 is 9.64 Å². The van der Waals surface area contributed by atoms with Crippen LogP contribution in [0.3, 0.4) is 0 Å². The molecule has 0 aromatic heterocycles. The summed E-state index contributed by atoms with van der Waals surface area (Å²) in [5.74, 6) is -1.20. The Labute approximate surface area is 112 Å². The lowest BCUT2D eigenvalue weighted by Crippen LogP contribution is -2.38. The highest BCUT2D eigenvalue weighted by Gasteiger charge is 2.32. The molecule has 5 nitrogen and oxygen atoms in total. The van der Waals surface area contributed by atoms with Crippen molar-refractivity contribution in [3.8, 4) is 11.8 Å². The summed E-state index contributed by atoms with van der Waals surface area (Å²) >= 11 is 0. The zero-order chi connectivity index (χ0) is 15.3. The average Bonchev–Trinajstić information content (AvgIpc) is 2.35. The molecule has 0 aliphatic rings. The number of anilines is 1. The van der Waals surface area contributed by atoms with E-state index in [2.05, 4.69) is 0 Å². The molecule has 1 rings (SSSR count). The lowest BCUT2D eigenvalue weighted by atomic mass is 10.1. The molecule has 0 unspecified atom stereocenters. The van der Waals surface area contributed by atoms with Crippen molar-refractivity contribution in [3.63, 3.8) is 0 Å². The molecule has 0 radical (unpaired) electrons. The zero-order valence-electron chi connectivity index (χ0n) is 10.4. The minimum atomic E-state index is -4.59. The highest BCUT2D eigenvalue weighted by atomic mass is 19.4. The van der Waals surface area contributed by atoms with E-state index in [0.717, 1.165) is 0 Å². The van der Waals surface area contributed by atoms with Gasteiger partial charge in [-0.25, -0.2) is 0 Å². The fourth-order valence-corrected chi connectivity index (χ4v) is 1.60. The maximum Gasteiger partial charge on any atom is 0.405 e. The van der Waals surface area contributed by atoms with Gasteiger partial charge in [0.2, 0.25) is 0 Å². The Bertz CT molecular complexity index is 538. The number of halogens is 3. The van der Waals surface area contributed by atoms with Crippen molar-refractivity contribution in [2.75, 3.05) is 25.1 Å². The fraction of sp³-hybridized carbons (Fsp3) is 0.333. The lowest BCUT2D eigenvalue weighted by molar-refractivity contribution is -0.136. The van der Waals surface area contributed by atoms with Gasteiger partial charge in [-0.3, -0.25) is 4.79 Å². The van der Waals surface area contributed by atoms with Crippen LogP contribution in [0, 0.1) is 11.3 Å². The van der Waals surface area contributed by atoms with E-state index in [1.54, 1.807) is 6.07 Å². The molecule has 0 atom stereocenters. The Kier molecular flexibility index (Phi) is 4.80. The molecule has 0 saturated heterocycles. The fourth-order valence-electron chi connectivity index (χ4n) is 1.60. The van der Waals surface area contributed by atoms with Gasteiger partial charge in [-0.05, 0) is 12.1 Å².